The summed E-state index contributed by atoms with van der Waals surface area (Å²) in [6.45, 7) is 1.47. The Balaban J connectivity index is 1.39. The van der Waals surface area contributed by atoms with Gasteiger partial charge in [-0.25, -0.2) is 4.98 Å². The lowest BCUT2D eigenvalue weighted by atomic mass is 10.2. The van der Waals surface area contributed by atoms with E-state index in [1.165, 1.54) is 18.7 Å². The van der Waals surface area contributed by atoms with E-state index in [0.29, 0.717) is 28.5 Å². The summed E-state index contributed by atoms with van der Waals surface area (Å²) in [6.07, 6.45) is 0. The number of anilines is 1. The molecule has 2 aromatic heterocycles. The molecule has 4 rings (SSSR count). The number of H-pyrrole nitrogens is 1. The second-order valence-corrected chi connectivity index (χ2v) is 6.82. The third kappa shape index (κ3) is 4.26. The molecule has 1 amide bonds. The van der Waals surface area contributed by atoms with Crippen LogP contribution in [-0.4, -0.2) is 31.3 Å². The molecule has 8 nitrogen and oxygen atoms in total. The van der Waals surface area contributed by atoms with Gasteiger partial charge in [0.05, 0.1) is 5.75 Å². The number of amides is 1. The van der Waals surface area contributed by atoms with Gasteiger partial charge in [0.1, 0.15) is 0 Å². The average Bonchev–Trinajstić information content (AvgIpc) is 3.37. The number of thioether (sulfide) groups is 1. The molecule has 4 aromatic rings. The fourth-order valence-corrected chi connectivity index (χ4v) is 3.13. The molecule has 2 aromatic carbocycles. The molecule has 0 bridgehead atoms. The Bertz CT molecular complexity index is 1080. The minimum atomic E-state index is -0.109. The van der Waals surface area contributed by atoms with Crippen molar-refractivity contribution < 1.29 is 9.21 Å². The summed E-state index contributed by atoms with van der Waals surface area (Å²) in [5.74, 6) is 2.01. The van der Waals surface area contributed by atoms with E-state index in [1.807, 2.05) is 54.6 Å². The number of rotatable bonds is 6. The summed E-state index contributed by atoms with van der Waals surface area (Å²) in [5, 5.41) is 18.6. The Kier molecular flexibility index (Phi) is 5.16. The smallest absolute Gasteiger partial charge is 0.247 e. The van der Waals surface area contributed by atoms with Crippen molar-refractivity contribution in [2.45, 2.75) is 17.8 Å². The lowest BCUT2D eigenvalue weighted by Gasteiger charge is -2.02. The van der Waals surface area contributed by atoms with Crippen LogP contribution in [0, 0.1) is 0 Å². The minimum absolute atomic E-state index is 0.109. The van der Waals surface area contributed by atoms with Crippen molar-refractivity contribution in [2.24, 2.45) is 0 Å². The first-order chi connectivity index (χ1) is 13.7. The highest BCUT2D eigenvalue weighted by Crippen LogP contribution is 2.24. The zero-order valence-corrected chi connectivity index (χ0v) is 15.7. The van der Waals surface area contributed by atoms with Gasteiger partial charge in [-0.1, -0.05) is 30.0 Å². The molecule has 140 valence electrons. The van der Waals surface area contributed by atoms with E-state index in [4.69, 9.17) is 4.42 Å². The Morgan fingerprint density at radius 1 is 1.07 bits per heavy atom. The van der Waals surface area contributed by atoms with E-state index in [9.17, 15) is 4.79 Å². The quantitative estimate of drug-likeness (QED) is 0.481. The van der Waals surface area contributed by atoms with Crippen LogP contribution in [0.15, 0.2) is 64.2 Å². The van der Waals surface area contributed by atoms with Crippen LogP contribution in [0.4, 0.5) is 5.69 Å². The predicted molar refractivity (Wildman–Crippen MR) is 105 cm³/mol. The molecule has 9 heteroatoms. The fraction of sp³-hybridized carbons (Fsp3) is 0.105. The molecule has 0 atom stereocenters. The molecule has 0 aliphatic heterocycles. The van der Waals surface area contributed by atoms with Gasteiger partial charge in [0, 0.05) is 23.7 Å². The molecule has 2 N–H and O–H groups in total. The van der Waals surface area contributed by atoms with E-state index in [1.54, 1.807) is 0 Å². The van der Waals surface area contributed by atoms with E-state index in [0.717, 1.165) is 16.8 Å². The molecule has 0 saturated heterocycles. The summed E-state index contributed by atoms with van der Waals surface area (Å²) in [4.78, 5) is 15.6. The van der Waals surface area contributed by atoms with Crippen LogP contribution in [0.2, 0.25) is 0 Å². The maximum atomic E-state index is 11.1. The van der Waals surface area contributed by atoms with Crippen molar-refractivity contribution in [1.29, 1.82) is 0 Å². The van der Waals surface area contributed by atoms with E-state index in [2.05, 4.69) is 30.7 Å². The van der Waals surface area contributed by atoms with Crippen molar-refractivity contribution in [1.82, 2.24) is 25.4 Å². The third-order valence-electron chi connectivity index (χ3n) is 3.76. The molecular formula is C19H16N6O2S. The number of hydrogen-bond acceptors (Lipinski definition) is 7. The number of hydrogen-bond donors (Lipinski definition) is 2. The molecule has 0 fully saturated rings. The number of nitrogens with one attached hydrogen (secondary N) is 2. The summed E-state index contributed by atoms with van der Waals surface area (Å²) in [6, 6.07) is 17.0. The summed E-state index contributed by atoms with van der Waals surface area (Å²) < 4.78 is 5.68. The Labute approximate surface area is 164 Å². The molecule has 0 radical (unpaired) electrons. The lowest BCUT2D eigenvalue weighted by molar-refractivity contribution is -0.114. The van der Waals surface area contributed by atoms with Crippen LogP contribution in [-0.2, 0) is 10.5 Å². The normalized spacial score (nSPS) is 10.8. The van der Waals surface area contributed by atoms with Crippen LogP contribution in [0.1, 0.15) is 12.8 Å². The molecule has 0 spiro atoms. The van der Waals surface area contributed by atoms with Crippen LogP contribution in [0.3, 0.4) is 0 Å². The second kappa shape index (κ2) is 8.05. The van der Waals surface area contributed by atoms with Gasteiger partial charge in [-0.2, -0.15) is 0 Å². The largest absolute Gasteiger partial charge is 0.420 e. The predicted octanol–water partition coefficient (Wildman–Crippen LogP) is 3.77. The first kappa shape index (κ1) is 17.9. The fourth-order valence-electron chi connectivity index (χ4n) is 2.49. The van der Waals surface area contributed by atoms with Gasteiger partial charge in [-0.15, -0.1) is 15.3 Å². The summed E-state index contributed by atoms with van der Waals surface area (Å²) in [7, 11) is 0. The number of aromatic nitrogens is 5. The van der Waals surface area contributed by atoms with Crippen LogP contribution in [0.25, 0.3) is 22.8 Å². The van der Waals surface area contributed by atoms with Crippen LogP contribution < -0.4 is 5.32 Å². The van der Waals surface area contributed by atoms with E-state index < -0.39 is 0 Å². The molecule has 2 heterocycles. The Hall–Kier alpha value is -3.46. The maximum absolute atomic E-state index is 11.1. The Morgan fingerprint density at radius 3 is 2.61 bits per heavy atom. The van der Waals surface area contributed by atoms with Crippen molar-refractivity contribution in [3.63, 3.8) is 0 Å². The van der Waals surface area contributed by atoms with Crippen molar-refractivity contribution in [3.8, 4) is 22.8 Å². The zero-order valence-electron chi connectivity index (χ0n) is 14.9. The standard InChI is InChI=1S/C19H16N6O2S/c1-12(26)20-15-9-7-13(8-10-15)17-21-19(25-23-17)28-11-16-22-24-18(27-16)14-5-3-2-4-6-14/h2-10H,11H2,1H3,(H,20,26)(H,21,23,25). The first-order valence-corrected chi connectivity index (χ1v) is 9.47. The molecule has 0 saturated carbocycles. The number of benzene rings is 2. The highest BCUT2D eigenvalue weighted by atomic mass is 32.2. The number of carbonyl (C=O) groups excluding carboxylic acids is 1. The minimum Gasteiger partial charge on any atom is -0.420 e. The third-order valence-corrected chi connectivity index (χ3v) is 4.59. The van der Waals surface area contributed by atoms with Gasteiger partial charge in [-0.05, 0) is 36.4 Å². The van der Waals surface area contributed by atoms with Crippen molar-refractivity contribution >= 4 is 23.4 Å². The van der Waals surface area contributed by atoms with Crippen LogP contribution >= 0.6 is 11.8 Å². The Morgan fingerprint density at radius 2 is 1.86 bits per heavy atom. The van der Waals surface area contributed by atoms with E-state index >= 15 is 0 Å². The van der Waals surface area contributed by atoms with Gasteiger partial charge >= 0.3 is 0 Å². The first-order valence-electron chi connectivity index (χ1n) is 8.48. The van der Waals surface area contributed by atoms with Gasteiger partial charge in [0.25, 0.3) is 0 Å². The number of nitrogens with zero attached hydrogens (tertiary/aromatic N) is 4. The van der Waals surface area contributed by atoms with Crippen molar-refractivity contribution in [2.75, 3.05) is 5.32 Å². The monoisotopic (exact) mass is 392 g/mol. The molecule has 0 unspecified atom stereocenters. The van der Waals surface area contributed by atoms with E-state index in [-0.39, 0.29) is 5.91 Å². The highest BCUT2D eigenvalue weighted by molar-refractivity contribution is 7.98. The average molecular weight is 392 g/mol. The molecule has 0 aliphatic carbocycles. The van der Waals surface area contributed by atoms with Gasteiger partial charge in [-0.3, -0.25) is 9.89 Å². The number of carbonyl (C=O) groups is 1. The van der Waals surface area contributed by atoms with Crippen LogP contribution in [0.5, 0.6) is 0 Å². The topological polar surface area (TPSA) is 110 Å². The van der Waals surface area contributed by atoms with Crippen molar-refractivity contribution in [3.05, 3.63) is 60.5 Å². The highest BCUT2D eigenvalue weighted by Gasteiger charge is 2.11. The molecular weight excluding hydrogens is 376 g/mol. The summed E-state index contributed by atoms with van der Waals surface area (Å²) in [5.41, 5.74) is 2.49. The maximum Gasteiger partial charge on any atom is 0.247 e. The van der Waals surface area contributed by atoms with Gasteiger partial charge in [0.2, 0.25) is 22.8 Å². The number of aromatic amines is 1. The molecule has 0 aliphatic rings. The van der Waals surface area contributed by atoms with Gasteiger partial charge < -0.3 is 9.73 Å². The zero-order chi connectivity index (χ0) is 19.3. The lowest BCUT2D eigenvalue weighted by Crippen LogP contribution is -2.05. The van der Waals surface area contributed by atoms with Gasteiger partial charge in [0.15, 0.2) is 5.82 Å². The SMILES string of the molecule is CC(=O)Nc1ccc(-c2nc(SCc3nnc(-c4ccccc4)o3)n[nH]2)cc1. The second-order valence-electron chi connectivity index (χ2n) is 5.88. The molecule has 28 heavy (non-hydrogen) atoms. The summed E-state index contributed by atoms with van der Waals surface area (Å²) >= 11 is 1.40.